The lowest BCUT2D eigenvalue weighted by Gasteiger charge is -2.34. The van der Waals surface area contributed by atoms with Gasteiger partial charge in [0.25, 0.3) is 0 Å². The second kappa shape index (κ2) is 5.56. The molecule has 112 valence electrons. The lowest BCUT2D eigenvalue weighted by molar-refractivity contribution is -0.150. The summed E-state index contributed by atoms with van der Waals surface area (Å²) in [5.74, 6) is -0.670. The molecule has 5 nitrogen and oxygen atoms in total. The van der Waals surface area contributed by atoms with Gasteiger partial charge >= 0.3 is 5.97 Å². The first-order chi connectivity index (χ1) is 9.42. The Morgan fingerprint density at radius 2 is 2.15 bits per heavy atom. The summed E-state index contributed by atoms with van der Waals surface area (Å²) in [6.07, 6.45) is 3.34. The third kappa shape index (κ3) is 2.35. The van der Waals surface area contributed by atoms with Crippen molar-refractivity contribution < 1.29 is 9.90 Å². The number of aromatic nitrogens is 2. The molecule has 1 unspecified atom stereocenters. The van der Waals surface area contributed by atoms with E-state index in [9.17, 15) is 9.90 Å². The van der Waals surface area contributed by atoms with Gasteiger partial charge in [0.15, 0.2) is 0 Å². The van der Waals surface area contributed by atoms with Gasteiger partial charge in [0, 0.05) is 24.8 Å². The van der Waals surface area contributed by atoms with Crippen LogP contribution in [0.2, 0.25) is 0 Å². The van der Waals surface area contributed by atoms with Gasteiger partial charge in [-0.25, -0.2) is 0 Å². The molecule has 1 aromatic rings. The molecule has 0 spiro atoms. The second-order valence-corrected chi connectivity index (χ2v) is 5.88. The van der Waals surface area contributed by atoms with Crippen molar-refractivity contribution in [2.45, 2.75) is 58.5 Å². The number of carboxylic acids is 1. The van der Waals surface area contributed by atoms with E-state index in [0.717, 1.165) is 43.6 Å². The monoisotopic (exact) mass is 279 g/mol. The van der Waals surface area contributed by atoms with Crippen molar-refractivity contribution in [3.63, 3.8) is 0 Å². The van der Waals surface area contributed by atoms with Gasteiger partial charge in [0.05, 0.1) is 5.69 Å². The smallest absolute Gasteiger partial charge is 0.324 e. The Hall–Kier alpha value is -1.36. The van der Waals surface area contributed by atoms with Gasteiger partial charge in [-0.05, 0) is 39.7 Å². The Morgan fingerprint density at radius 1 is 1.45 bits per heavy atom. The number of aryl methyl sites for hydroxylation is 2. The van der Waals surface area contributed by atoms with Crippen molar-refractivity contribution in [1.82, 2.24) is 14.7 Å². The molecule has 0 bridgehead atoms. The van der Waals surface area contributed by atoms with E-state index in [2.05, 4.69) is 16.9 Å². The van der Waals surface area contributed by atoms with E-state index in [-0.39, 0.29) is 0 Å². The van der Waals surface area contributed by atoms with E-state index in [1.54, 1.807) is 0 Å². The summed E-state index contributed by atoms with van der Waals surface area (Å²) in [7, 11) is 1.94. The molecular formula is C15H25N3O2. The molecular weight excluding hydrogens is 254 g/mol. The Kier molecular flexibility index (Phi) is 4.18. The summed E-state index contributed by atoms with van der Waals surface area (Å²) >= 11 is 0. The molecule has 20 heavy (non-hydrogen) atoms. The lowest BCUT2D eigenvalue weighted by Crippen LogP contribution is -2.50. The van der Waals surface area contributed by atoms with Crippen molar-refractivity contribution in [2.75, 3.05) is 6.54 Å². The van der Waals surface area contributed by atoms with Crippen LogP contribution in [0.15, 0.2) is 0 Å². The molecule has 2 rings (SSSR count). The molecule has 0 aromatic carbocycles. The SMILES string of the molecule is CCCC1(C(=O)O)CCCN1Cc1c(C)nn(C)c1C. The van der Waals surface area contributed by atoms with E-state index < -0.39 is 11.5 Å². The molecule has 0 saturated carbocycles. The number of carboxylic acid groups (broad SMARTS) is 1. The molecule has 0 radical (unpaired) electrons. The maximum Gasteiger partial charge on any atom is 0.324 e. The summed E-state index contributed by atoms with van der Waals surface area (Å²) in [4.78, 5) is 14.0. The minimum Gasteiger partial charge on any atom is -0.480 e. The zero-order valence-electron chi connectivity index (χ0n) is 12.9. The van der Waals surface area contributed by atoms with Crippen molar-refractivity contribution in [3.05, 3.63) is 17.0 Å². The molecule has 1 aliphatic heterocycles. The maximum absolute atomic E-state index is 11.8. The highest BCUT2D eigenvalue weighted by atomic mass is 16.4. The molecule has 1 atom stereocenters. The van der Waals surface area contributed by atoms with Crippen LogP contribution >= 0.6 is 0 Å². The molecule has 1 fully saturated rings. The molecule has 1 aliphatic rings. The molecule has 1 saturated heterocycles. The van der Waals surface area contributed by atoms with Crippen LogP contribution in [-0.4, -0.2) is 37.8 Å². The normalized spacial score (nSPS) is 23.4. The van der Waals surface area contributed by atoms with Crippen LogP contribution in [0.4, 0.5) is 0 Å². The number of rotatable bonds is 5. The standard InChI is InChI=1S/C15H25N3O2/c1-5-7-15(14(19)20)8-6-9-18(15)10-13-11(2)16-17(4)12(13)3/h5-10H2,1-4H3,(H,19,20). The van der Waals surface area contributed by atoms with Gasteiger partial charge in [-0.15, -0.1) is 0 Å². The fourth-order valence-electron chi connectivity index (χ4n) is 3.45. The number of nitrogens with zero attached hydrogens (tertiary/aromatic N) is 3. The average Bonchev–Trinajstić information content (AvgIpc) is 2.88. The predicted molar refractivity (Wildman–Crippen MR) is 77.6 cm³/mol. The number of hydrogen-bond donors (Lipinski definition) is 1. The van der Waals surface area contributed by atoms with E-state index in [1.165, 1.54) is 5.56 Å². The van der Waals surface area contributed by atoms with Gasteiger partial charge in [0.1, 0.15) is 5.54 Å². The first-order valence-corrected chi connectivity index (χ1v) is 7.40. The number of likely N-dealkylation sites (tertiary alicyclic amines) is 1. The van der Waals surface area contributed by atoms with Crippen LogP contribution < -0.4 is 0 Å². The van der Waals surface area contributed by atoms with Crippen LogP contribution in [-0.2, 0) is 18.4 Å². The average molecular weight is 279 g/mol. The van der Waals surface area contributed by atoms with Crippen LogP contribution in [0.3, 0.4) is 0 Å². The van der Waals surface area contributed by atoms with Crippen molar-refractivity contribution in [1.29, 1.82) is 0 Å². The third-order valence-corrected chi connectivity index (χ3v) is 4.69. The van der Waals surface area contributed by atoms with E-state index in [0.29, 0.717) is 6.54 Å². The number of hydrogen-bond acceptors (Lipinski definition) is 3. The number of carbonyl (C=O) groups is 1. The first-order valence-electron chi connectivity index (χ1n) is 7.40. The number of aliphatic carboxylic acids is 1. The largest absolute Gasteiger partial charge is 0.480 e. The first kappa shape index (κ1) is 15.0. The summed E-state index contributed by atoms with van der Waals surface area (Å²) in [5.41, 5.74) is 2.64. The highest BCUT2D eigenvalue weighted by molar-refractivity contribution is 5.79. The summed E-state index contributed by atoms with van der Waals surface area (Å²) in [6.45, 7) is 7.66. The quantitative estimate of drug-likeness (QED) is 0.898. The van der Waals surface area contributed by atoms with Crippen LogP contribution in [0, 0.1) is 13.8 Å². The highest BCUT2D eigenvalue weighted by Crippen LogP contribution is 2.35. The Balaban J connectivity index is 2.29. The van der Waals surface area contributed by atoms with Gasteiger partial charge in [-0.2, -0.15) is 5.10 Å². The zero-order valence-corrected chi connectivity index (χ0v) is 12.9. The van der Waals surface area contributed by atoms with Gasteiger partial charge in [0.2, 0.25) is 0 Å². The van der Waals surface area contributed by atoms with Crippen molar-refractivity contribution in [2.24, 2.45) is 7.05 Å². The Labute approximate surface area is 120 Å². The highest BCUT2D eigenvalue weighted by Gasteiger charge is 2.46. The van der Waals surface area contributed by atoms with Gasteiger partial charge in [-0.1, -0.05) is 13.3 Å². The van der Waals surface area contributed by atoms with E-state index in [4.69, 9.17) is 0 Å². The molecule has 1 aromatic heterocycles. The van der Waals surface area contributed by atoms with Crippen molar-refractivity contribution >= 4 is 5.97 Å². The minimum absolute atomic E-state index is 0.670. The Morgan fingerprint density at radius 3 is 2.65 bits per heavy atom. The van der Waals surface area contributed by atoms with E-state index >= 15 is 0 Å². The lowest BCUT2D eigenvalue weighted by atomic mass is 9.90. The molecule has 1 N–H and O–H groups in total. The zero-order chi connectivity index (χ0) is 14.9. The van der Waals surface area contributed by atoms with E-state index in [1.807, 2.05) is 25.6 Å². The third-order valence-electron chi connectivity index (χ3n) is 4.69. The summed E-state index contributed by atoms with van der Waals surface area (Å²) < 4.78 is 1.88. The summed E-state index contributed by atoms with van der Waals surface area (Å²) in [5, 5.41) is 14.2. The molecule has 0 aliphatic carbocycles. The summed E-state index contributed by atoms with van der Waals surface area (Å²) in [6, 6.07) is 0. The molecule has 0 amide bonds. The van der Waals surface area contributed by atoms with Gasteiger partial charge < -0.3 is 5.11 Å². The topological polar surface area (TPSA) is 58.4 Å². The van der Waals surface area contributed by atoms with Crippen LogP contribution in [0.1, 0.15) is 49.6 Å². The second-order valence-electron chi connectivity index (χ2n) is 5.88. The molecule has 2 heterocycles. The van der Waals surface area contributed by atoms with Crippen LogP contribution in [0.25, 0.3) is 0 Å². The fraction of sp³-hybridized carbons (Fsp3) is 0.733. The maximum atomic E-state index is 11.8. The van der Waals surface area contributed by atoms with Gasteiger partial charge in [-0.3, -0.25) is 14.4 Å². The Bertz CT molecular complexity index is 509. The van der Waals surface area contributed by atoms with Crippen LogP contribution in [0.5, 0.6) is 0 Å². The fourth-order valence-corrected chi connectivity index (χ4v) is 3.45. The molecule has 5 heteroatoms. The predicted octanol–water partition coefficient (Wildman–Crippen LogP) is 2.26. The minimum atomic E-state index is -0.677. The van der Waals surface area contributed by atoms with Crippen molar-refractivity contribution in [3.8, 4) is 0 Å².